The highest BCUT2D eigenvalue weighted by atomic mass is 19.1. The van der Waals surface area contributed by atoms with E-state index in [0.717, 1.165) is 27.1 Å². The van der Waals surface area contributed by atoms with Crippen LogP contribution in [-0.4, -0.2) is 0 Å². The van der Waals surface area contributed by atoms with E-state index in [0.29, 0.717) is 38.8 Å². The second-order valence-corrected chi connectivity index (χ2v) is 12.0. The second kappa shape index (κ2) is 9.49. The number of hydrogen-bond donors (Lipinski definition) is 0. The van der Waals surface area contributed by atoms with Crippen LogP contribution in [0.25, 0.3) is 65.9 Å². The predicted molar refractivity (Wildman–Crippen MR) is 169 cm³/mol. The second-order valence-electron chi connectivity index (χ2n) is 12.0. The molecule has 0 N–H and O–H groups in total. The Bertz CT molecular complexity index is 2350. The summed E-state index contributed by atoms with van der Waals surface area (Å²) in [6.07, 6.45) is -0.665. The zero-order chi connectivity index (χ0) is 32.0. The van der Waals surface area contributed by atoms with Crippen LogP contribution in [0.4, 0.5) is 8.78 Å². The average Bonchev–Trinajstić information content (AvgIpc) is 3.36. The topological polar surface area (TPSA) is 17.0 Å². The van der Waals surface area contributed by atoms with Gasteiger partial charge in [-0.15, -0.1) is 0 Å². The average molecular weight is 560 g/mol. The molecule has 0 radical (unpaired) electrons. The number of hydrogen-bond acceptors (Lipinski definition) is 1. The molecule has 208 valence electrons. The van der Waals surface area contributed by atoms with Crippen molar-refractivity contribution >= 4 is 43.5 Å². The Balaban J connectivity index is 1.58. The standard InChI is InChI=1S/C38H32F2NO/c1-22-14-15-28-29-16-17-31(39)35(30-18-23-10-6-7-11-25(23)26-12-8-9-13-27(26)30)37(29)42-36(28)34(22)33-19-24(20-38(2,3)4)32(40)21-41(33)5/h6-19,21H,20H2,1-5H3/q+1/i18D,20D2. The number of fused-ring (bicyclic) bond motifs is 6. The van der Waals surface area contributed by atoms with E-state index in [-0.39, 0.29) is 17.2 Å². The van der Waals surface area contributed by atoms with Crippen molar-refractivity contribution in [2.75, 3.05) is 0 Å². The van der Waals surface area contributed by atoms with Crippen molar-refractivity contribution < 1.29 is 21.9 Å². The largest absolute Gasteiger partial charge is 0.454 e. The van der Waals surface area contributed by atoms with Gasteiger partial charge in [0, 0.05) is 25.1 Å². The molecule has 0 bridgehead atoms. The minimum Gasteiger partial charge on any atom is -0.454 e. The molecule has 2 aromatic heterocycles. The highest BCUT2D eigenvalue weighted by Gasteiger charge is 2.26. The SMILES string of the molecule is [2H]c1c(-c2c(F)ccc3c2oc2c(-c4cc(C([2H])([2H])C(C)(C)C)c(F)c[n+]4C)c(C)ccc23)c2ccccc2c2ccccc12. The van der Waals surface area contributed by atoms with E-state index in [1.54, 1.807) is 44.5 Å². The van der Waals surface area contributed by atoms with Gasteiger partial charge in [0.2, 0.25) is 11.9 Å². The van der Waals surface area contributed by atoms with Gasteiger partial charge in [-0.1, -0.05) is 81.4 Å². The van der Waals surface area contributed by atoms with Crippen LogP contribution in [0.5, 0.6) is 0 Å². The molecule has 0 spiro atoms. The third-order valence-electron chi connectivity index (χ3n) is 7.88. The van der Waals surface area contributed by atoms with Gasteiger partial charge >= 0.3 is 0 Å². The number of benzene rings is 5. The molecule has 7 rings (SSSR count). The smallest absolute Gasteiger partial charge is 0.216 e. The van der Waals surface area contributed by atoms with E-state index < -0.39 is 23.4 Å². The molecule has 0 saturated heterocycles. The van der Waals surface area contributed by atoms with E-state index in [9.17, 15) is 1.37 Å². The first-order valence-corrected chi connectivity index (χ1v) is 14.1. The van der Waals surface area contributed by atoms with Crippen molar-refractivity contribution in [3.8, 4) is 22.4 Å². The van der Waals surface area contributed by atoms with Gasteiger partial charge in [-0.25, -0.2) is 8.78 Å². The van der Waals surface area contributed by atoms with E-state index in [1.165, 1.54) is 12.3 Å². The molecule has 0 saturated carbocycles. The number of pyridine rings is 1. The van der Waals surface area contributed by atoms with Gasteiger partial charge < -0.3 is 4.42 Å². The minimum absolute atomic E-state index is 0.0381. The molecule has 0 fully saturated rings. The minimum atomic E-state index is -1.96. The molecule has 5 aromatic carbocycles. The van der Waals surface area contributed by atoms with Crippen LogP contribution in [0.3, 0.4) is 0 Å². The molecular formula is C38H32F2NO+. The lowest BCUT2D eigenvalue weighted by molar-refractivity contribution is -0.662. The van der Waals surface area contributed by atoms with E-state index >= 15 is 8.78 Å². The first-order chi connectivity index (χ1) is 21.3. The molecule has 2 heterocycles. The summed E-state index contributed by atoms with van der Waals surface area (Å²) < 4.78 is 66.7. The Morgan fingerprint density at radius 1 is 0.786 bits per heavy atom. The maximum atomic E-state index is 16.1. The van der Waals surface area contributed by atoms with Crippen LogP contribution in [0.2, 0.25) is 0 Å². The van der Waals surface area contributed by atoms with Crippen LogP contribution in [-0.2, 0) is 13.4 Å². The molecule has 2 nitrogen and oxygen atoms in total. The lowest BCUT2D eigenvalue weighted by Gasteiger charge is -2.18. The summed E-state index contributed by atoms with van der Waals surface area (Å²) in [4.78, 5) is 0. The van der Waals surface area contributed by atoms with E-state index in [1.807, 2.05) is 67.6 Å². The van der Waals surface area contributed by atoms with Gasteiger partial charge in [0.1, 0.15) is 24.0 Å². The Morgan fingerprint density at radius 3 is 2.17 bits per heavy atom. The van der Waals surface area contributed by atoms with Crippen LogP contribution in [0.1, 0.15) is 36.0 Å². The van der Waals surface area contributed by atoms with Crippen LogP contribution in [0.15, 0.2) is 95.5 Å². The first-order valence-electron chi connectivity index (χ1n) is 15.6. The lowest BCUT2D eigenvalue weighted by Crippen LogP contribution is -2.32. The summed E-state index contributed by atoms with van der Waals surface area (Å²) in [5.41, 5.74) is 2.64. The number of furan rings is 1. The normalized spacial score (nSPS) is 13.6. The van der Waals surface area contributed by atoms with Crippen LogP contribution in [0, 0.1) is 24.0 Å². The zero-order valence-electron chi connectivity index (χ0n) is 27.2. The lowest BCUT2D eigenvalue weighted by atomic mass is 9.87. The van der Waals surface area contributed by atoms with E-state index in [4.69, 9.17) is 7.16 Å². The van der Waals surface area contributed by atoms with Crippen molar-refractivity contribution in [1.29, 1.82) is 0 Å². The number of aromatic nitrogens is 1. The van der Waals surface area contributed by atoms with Crippen molar-refractivity contribution in [3.63, 3.8) is 0 Å². The third-order valence-corrected chi connectivity index (χ3v) is 7.88. The molecule has 4 heteroatoms. The molecule has 0 unspecified atom stereocenters. The maximum Gasteiger partial charge on any atom is 0.216 e. The quantitative estimate of drug-likeness (QED) is 0.155. The van der Waals surface area contributed by atoms with Gasteiger partial charge in [-0.3, -0.25) is 0 Å². The third kappa shape index (κ3) is 4.16. The van der Waals surface area contributed by atoms with Crippen molar-refractivity contribution in [3.05, 3.63) is 114 Å². The van der Waals surface area contributed by atoms with Gasteiger partial charge in [0.25, 0.3) is 0 Å². The van der Waals surface area contributed by atoms with Gasteiger partial charge in [0.05, 0.1) is 12.5 Å². The van der Waals surface area contributed by atoms with E-state index in [2.05, 4.69) is 0 Å². The molecule has 0 amide bonds. The fourth-order valence-corrected chi connectivity index (χ4v) is 6.06. The Morgan fingerprint density at radius 2 is 1.43 bits per heavy atom. The molecule has 7 aromatic rings. The predicted octanol–water partition coefficient (Wildman–Crippen LogP) is 10.2. The molecule has 42 heavy (non-hydrogen) atoms. The summed E-state index contributed by atoms with van der Waals surface area (Å²) in [6.45, 7) is 7.16. The van der Waals surface area contributed by atoms with Gasteiger partial charge in [0.15, 0.2) is 5.82 Å². The summed E-state index contributed by atoms with van der Waals surface area (Å²) in [6, 6.07) is 24.2. The fourth-order valence-electron chi connectivity index (χ4n) is 6.06. The number of rotatable bonds is 3. The molecular weight excluding hydrogens is 524 g/mol. The Hall–Kier alpha value is -4.57. The van der Waals surface area contributed by atoms with Crippen LogP contribution < -0.4 is 4.57 Å². The summed E-state index contributed by atoms with van der Waals surface area (Å²) in [7, 11) is 1.72. The highest BCUT2D eigenvalue weighted by Crippen LogP contribution is 2.44. The van der Waals surface area contributed by atoms with Gasteiger partial charge in [-0.05, 0) is 69.6 Å². The number of nitrogens with zero attached hydrogens (tertiary/aromatic N) is 1. The maximum absolute atomic E-state index is 16.1. The van der Waals surface area contributed by atoms with Crippen molar-refractivity contribution in [2.45, 2.75) is 34.1 Å². The molecule has 0 atom stereocenters. The summed E-state index contributed by atoms with van der Waals surface area (Å²) in [5.74, 6) is -1.13. The van der Waals surface area contributed by atoms with Gasteiger partial charge in [-0.2, -0.15) is 4.57 Å². The summed E-state index contributed by atoms with van der Waals surface area (Å²) >= 11 is 0. The first kappa shape index (κ1) is 23.0. The molecule has 0 aliphatic rings. The Kier molecular flexibility index (Phi) is 5.20. The number of halogens is 2. The van der Waals surface area contributed by atoms with Crippen molar-refractivity contribution in [1.82, 2.24) is 0 Å². The highest BCUT2D eigenvalue weighted by molar-refractivity contribution is 6.18. The fraction of sp³-hybridized carbons (Fsp3) is 0.184. The monoisotopic (exact) mass is 559 g/mol. The van der Waals surface area contributed by atoms with Crippen molar-refractivity contribution in [2.24, 2.45) is 12.5 Å². The Labute approximate surface area is 248 Å². The zero-order valence-corrected chi connectivity index (χ0v) is 24.2. The number of aryl methyl sites for hydroxylation is 2. The molecule has 0 aliphatic carbocycles. The van der Waals surface area contributed by atoms with Crippen LogP contribution >= 0.6 is 0 Å². The molecule has 0 aliphatic heterocycles. The summed E-state index contributed by atoms with van der Waals surface area (Å²) in [5, 5.41) is 4.74.